The SMILES string of the molecule is CC1CC2CC1C13CCCCC21C1CC3C2CCCC21. The van der Waals surface area contributed by atoms with Gasteiger partial charge in [0.25, 0.3) is 0 Å². The largest absolute Gasteiger partial charge is 0.0622 e. The number of hydrogen-bond acceptors (Lipinski definition) is 0. The van der Waals surface area contributed by atoms with Crippen molar-refractivity contribution in [1.29, 1.82) is 0 Å². The molecule has 0 saturated heterocycles. The highest BCUT2D eigenvalue weighted by Gasteiger charge is 2.81. The van der Waals surface area contributed by atoms with E-state index < -0.39 is 0 Å². The lowest BCUT2D eigenvalue weighted by atomic mass is 9.41. The molecule has 4 bridgehead atoms. The van der Waals surface area contributed by atoms with Gasteiger partial charge in [-0.25, -0.2) is 0 Å². The van der Waals surface area contributed by atoms with Gasteiger partial charge in [-0.05, 0) is 97.2 Å². The van der Waals surface area contributed by atoms with Crippen LogP contribution >= 0.6 is 0 Å². The fourth-order valence-electron chi connectivity index (χ4n) is 10.3. The van der Waals surface area contributed by atoms with Gasteiger partial charge >= 0.3 is 0 Å². The van der Waals surface area contributed by atoms with E-state index in [4.69, 9.17) is 0 Å². The minimum atomic E-state index is 0.879. The van der Waals surface area contributed by atoms with Crippen molar-refractivity contribution < 1.29 is 0 Å². The summed E-state index contributed by atoms with van der Waals surface area (Å²) in [6, 6.07) is 0. The first kappa shape index (κ1) is 11.6. The van der Waals surface area contributed by atoms with Gasteiger partial charge in [0.2, 0.25) is 0 Å². The van der Waals surface area contributed by atoms with E-state index in [1.165, 1.54) is 29.6 Å². The van der Waals surface area contributed by atoms with Crippen LogP contribution in [0.25, 0.3) is 0 Å². The third-order valence-electron chi connectivity index (χ3n) is 10.1. The fourth-order valence-corrected chi connectivity index (χ4v) is 10.3. The van der Waals surface area contributed by atoms with Gasteiger partial charge in [0.15, 0.2) is 0 Å². The zero-order valence-corrected chi connectivity index (χ0v) is 13.1. The molecule has 9 unspecified atom stereocenters. The van der Waals surface area contributed by atoms with E-state index in [0.29, 0.717) is 0 Å². The van der Waals surface area contributed by atoms with Gasteiger partial charge < -0.3 is 0 Å². The van der Waals surface area contributed by atoms with Gasteiger partial charge in [-0.2, -0.15) is 0 Å². The molecule has 0 N–H and O–H groups in total. The van der Waals surface area contributed by atoms with E-state index in [2.05, 4.69) is 6.92 Å². The van der Waals surface area contributed by atoms with Crippen molar-refractivity contribution in [3.8, 4) is 0 Å². The van der Waals surface area contributed by atoms with Crippen LogP contribution in [-0.2, 0) is 0 Å². The number of rotatable bonds is 0. The maximum absolute atomic E-state index is 2.62. The van der Waals surface area contributed by atoms with Gasteiger partial charge in [-0.15, -0.1) is 0 Å². The van der Waals surface area contributed by atoms with E-state index in [1.54, 1.807) is 64.2 Å². The molecule has 110 valence electrons. The second kappa shape index (κ2) is 3.33. The summed E-state index contributed by atoms with van der Waals surface area (Å²) in [4.78, 5) is 0. The van der Waals surface area contributed by atoms with Crippen molar-refractivity contribution in [3.63, 3.8) is 0 Å². The molecular weight excluding hydrogens is 240 g/mol. The maximum Gasteiger partial charge on any atom is -0.0174 e. The van der Waals surface area contributed by atoms with Crippen molar-refractivity contribution in [1.82, 2.24) is 0 Å². The van der Waals surface area contributed by atoms with Gasteiger partial charge in [0, 0.05) is 0 Å². The monoisotopic (exact) mass is 270 g/mol. The Labute approximate surface area is 124 Å². The highest BCUT2D eigenvalue weighted by atomic mass is 14.8. The topological polar surface area (TPSA) is 0 Å². The van der Waals surface area contributed by atoms with Gasteiger partial charge in [0.05, 0.1) is 0 Å². The predicted octanol–water partition coefficient (Wildman–Crippen LogP) is 5.28. The molecule has 0 aromatic rings. The Morgan fingerprint density at radius 1 is 0.700 bits per heavy atom. The zero-order chi connectivity index (χ0) is 13.1. The molecule has 6 saturated carbocycles. The normalized spacial score (nSPS) is 69.2. The lowest BCUT2D eigenvalue weighted by Gasteiger charge is -2.63. The fraction of sp³-hybridized carbons (Fsp3) is 1.00. The summed E-state index contributed by atoms with van der Waals surface area (Å²) in [5, 5.41) is 0. The van der Waals surface area contributed by atoms with Crippen LogP contribution in [0.2, 0.25) is 0 Å². The Balaban J connectivity index is 1.58. The van der Waals surface area contributed by atoms with Crippen molar-refractivity contribution in [2.24, 2.45) is 52.3 Å². The first-order valence-electron chi connectivity index (χ1n) is 9.79. The van der Waals surface area contributed by atoms with Crippen LogP contribution in [0.3, 0.4) is 0 Å². The summed E-state index contributed by atoms with van der Waals surface area (Å²) < 4.78 is 0. The molecule has 0 heteroatoms. The Bertz CT molecular complexity index is 467. The molecule has 0 aromatic heterocycles. The second-order valence-corrected chi connectivity index (χ2v) is 9.75. The molecule has 6 fully saturated rings. The Kier molecular flexibility index (Phi) is 1.92. The second-order valence-electron chi connectivity index (χ2n) is 9.75. The molecule has 6 aliphatic rings. The van der Waals surface area contributed by atoms with E-state index in [9.17, 15) is 0 Å². The molecule has 0 amide bonds. The van der Waals surface area contributed by atoms with Crippen LogP contribution in [0.5, 0.6) is 0 Å². The summed E-state index contributed by atoms with van der Waals surface area (Å²) >= 11 is 0. The number of fused-ring (bicyclic) bond motifs is 7. The minimum Gasteiger partial charge on any atom is -0.0622 e. The standard InChI is InChI=1S/C20H30/c1-12-9-13-10-16(12)20-8-3-2-7-19(13,20)17-11-18(20)15-6-4-5-14(15)17/h12-18H,2-11H2,1H3. The Hall–Kier alpha value is 0. The number of hydrogen-bond donors (Lipinski definition) is 0. The van der Waals surface area contributed by atoms with Crippen LogP contribution < -0.4 is 0 Å². The van der Waals surface area contributed by atoms with Crippen LogP contribution in [-0.4, -0.2) is 0 Å². The predicted molar refractivity (Wildman–Crippen MR) is 81.1 cm³/mol. The van der Waals surface area contributed by atoms with Crippen LogP contribution in [0.15, 0.2) is 0 Å². The highest BCUT2D eigenvalue weighted by molar-refractivity contribution is 5.29. The molecule has 0 aliphatic heterocycles. The third-order valence-corrected chi connectivity index (χ3v) is 10.1. The van der Waals surface area contributed by atoms with Crippen LogP contribution in [0.1, 0.15) is 71.1 Å². The van der Waals surface area contributed by atoms with Gasteiger partial charge in [-0.3, -0.25) is 0 Å². The molecule has 0 nitrogen and oxygen atoms in total. The lowest BCUT2D eigenvalue weighted by molar-refractivity contribution is -0.152. The third kappa shape index (κ3) is 0.901. The molecule has 0 spiro atoms. The van der Waals surface area contributed by atoms with Gasteiger partial charge in [0.1, 0.15) is 0 Å². The molecule has 0 heterocycles. The molecule has 20 heavy (non-hydrogen) atoms. The van der Waals surface area contributed by atoms with Crippen molar-refractivity contribution in [3.05, 3.63) is 0 Å². The van der Waals surface area contributed by atoms with E-state index in [0.717, 1.165) is 22.7 Å². The zero-order valence-electron chi connectivity index (χ0n) is 13.1. The summed E-state index contributed by atoms with van der Waals surface area (Å²) in [7, 11) is 0. The maximum atomic E-state index is 2.62. The Morgan fingerprint density at radius 2 is 1.40 bits per heavy atom. The molecule has 0 radical (unpaired) electrons. The first-order chi connectivity index (χ1) is 9.79. The van der Waals surface area contributed by atoms with E-state index in [1.807, 2.05) is 0 Å². The molecule has 6 aliphatic carbocycles. The van der Waals surface area contributed by atoms with E-state index >= 15 is 0 Å². The average molecular weight is 270 g/mol. The molecular formula is C20H30. The average Bonchev–Trinajstić information content (AvgIpc) is 3.19. The highest BCUT2D eigenvalue weighted by Crippen LogP contribution is 2.87. The molecule has 9 atom stereocenters. The van der Waals surface area contributed by atoms with Crippen molar-refractivity contribution in [2.45, 2.75) is 71.1 Å². The van der Waals surface area contributed by atoms with Gasteiger partial charge in [-0.1, -0.05) is 26.2 Å². The lowest BCUT2D eigenvalue weighted by Crippen LogP contribution is -2.57. The summed E-state index contributed by atoms with van der Waals surface area (Å²) in [6.45, 7) is 2.62. The van der Waals surface area contributed by atoms with Crippen molar-refractivity contribution in [2.75, 3.05) is 0 Å². The quantitative estimate of drug-likeness (QED) is 0.562. The van der Waals surface area contributed by atoms with E-state index in [-0.39, 0.29) is 0 Å². The molecule has 0 aromatic carbocycles. The summed E-state index contributed by atoms with van der Waals surface area (Å²) in [6.07, 6.45) is 16.3. The summed E-state index contributed by atoms with van der Waals surface area (Å²) in [5.41, 5.74) is 1.77. The minimum absolute atomic E-state index is 0.879. The van der Waals surface area contributed by atoms with Crippen molar-refractivity contribution >= 4 is 0 Å². The Morgan fingerprint density at radius 3 is 2.20 bits per heavy atom. The molecule has 6 rings (SSSR count). The summed E-state index contributed by atoms with van der Waals surface area (Å²) in [5.74, 6) is 8.17. The van der Waals surface area contributed by atoms with Crippen LogP contribution in [0, 0.1) is 52.3 Å². The first-order valence-corrected chi connectivity index (χ1v) is 9.79. The smallest absolute Gasteiger partial charge is 0.0174 e. The van der Waals surface area contributed by atoms with Crippen LogP contribution in [0.4, 0.5) is 0 Å².